The molecule has 0 aliphatic carbocycles. The third-order valence-corrected chi connectivity index (χ3v) is 5.49. The molecule has 2 aliphatic heterocycles. The standard InChI is InChI=1S/C18H26F3N5O/c1-25-14(4-2-3-5-17(25)27)11-26-8-6-13(7-9-26)24-16-10-15(18(19,20)21)22-12-23-16/h10,12-14H,2-9,11H2,1H3,(H,22,23,24). The molecule has 2 saturated heterocycles. The predicted octanol–water partition coefficient (Wildman–Crippen LogP) is 2.77. The Hall–Kier alpha value is -1.90. The van der Waals surface area contributed by atoms with E-state index < -0.39 is 11.9 Å². The number of carbonyl (C=O) groups is 1. The first kappa shape index (κ1) is 19.9. The van der Waals surface area contributed by atoms with Crippen molar-refractivity contribution in [3.05, 3.63) is 18.1 Å². The number of aromatic nitrogens is 2. The van der Waals surface area contributed by atoms with E-state index in [2.05, 4.69) is 20.2 Å². The summed E-state index contributed by atoms with van der Waals surface area (Å²) < 4.78 is 38.3. The van der Waals surface area contributed by atoms with Crippen LogP contribution in [0.15, 0.2) is 12.4 Å². The largest absolute Gasteiger partial charge is 0.433 e. The minimum atomic E-state index is -4.47. The summed E-state index contributed by atoms with van der Waals surface area (Å²) in [4.78, 5) is 23.5. The quantitative estimate of drug-likeness (QED) is 0.864. The van der Waals surface area contributed by atoms with Gasteiger partial charge >= 0.3 is 6.18 Å². The number of halogens is 3. The first-order chi connectivity index (χ1) is 12.8. The van der Waals surface area contributed by atoms with Crippen molar-refractivity contribution in [2.24, 2.45) is 0 Å². The summed E-state index contributed by atoms with van der Waals surface area (Å²) in [6.07, 6.45) is 1.84. The second-order valence-corrected chi connectivity index (χ2v) is 7.41. The van der Waals surface area contributed by atoms with Crippen LogP contribution in [-0.2, 0) is 11.0 Å². The number of hydrogen-bond acceptors (Lipinski definition) is 5. The molecule has 1 amide bonds. The third kappa shape index (κ3) is 5.31. The van der Waals surface area contributed by atoms with Gasteiger partial charge < -0.3 is 15.1 Å². The second kappa shape index (κ2) is 8.41. The maximum absolute atomic E-state index is 12.8. The zero-order chi connectivity index (χ0) is 19.4. The Bertz CT molecular complexity index is 646. The molecule has 0 aromatic carbocycles. The van der Waals surface area contributed by atoms with Crippen molar-refractivity contribution in [3.8, 4) is 0 Å². The molecule has 27 heavy (non-hydrogen) atoms. The average Bonchev–Trinajstić information content (AvgIpc) is 2.79. The van der Waals surface area contributed by atoms with Crippen molar-refractivity contribution in [3.63, 3.8) is 0 Å². The van der Waals surface area contributed by atoms with Gasteiger partial charge in [0, 0.05) is 51.3 Å². The van der Waals surface area contributed by atoms with Gasteiger partial charge in [0.15, 0.2) is 0 Å². The number of carbonyl (C=O) groups excluding carboxylic acids is 1. The Labute approximate surface area is 157 Å². The minimum absolute atomic E-state index is 0.0886. The lowest BCUT2D eigenvalue weighted by Gasteiger charge is -2.37. The number of piperidine rings is 1. The lowest BCUT2D eigenvalue weighted by molar-refractivity contribution is -0.141. The molecule has 6 nitrogen and oxygen atoms in total. The number of anilines is 1. The molecule has 0 radical (unpaired) electrons. The van der Waals surface area contributed by atoms with Crippen molar-refractivity contribution in [2.45, 2.75) is 56.8 Å². The van der Waals surface area contributed by atoms with E-state index in [1.165, 1.54) is 0 Å². The van der Waals surface area contributed by atoms with E-state index in [-0.39, 0.29) is 23.8 Å². The maximum atomic E-state index is 12.8. The molecule has 1 atom stereocenters. The number of likely N-dealkylation sites (N-methyl/N-ethyl adjacent to an activating group) is 1. The van der Waals surface area contributed by atoms with Crippen LogP contribution in [-0.4, -0.2) is 64.4 Å². The van der Waals surface area contributed by atoms with Crippen LogP contribution in [0, 0.1) is 0 Å². The SMILES string of the molecule is CN1C(=O)CCCCC1CN1CCC(Nc2cc(C(F)(F)F)ncn2)CC1. The number of rotatable bonds is 4. The van der Waals surface area contributed by atoms with Gasteiger partial charge in [-0.3, -0.25) is 4.79 Å². The van der Waals surface area contributed by atoms with E-state index >= 15 is 0 Å². The van der Waals surface area contributed by atoms with E-state index in [0.29, 0.717) is 6.42 Å². The summed E-state index contributed by atoms with van der Waals surface area (Å²) in [5.74, 6) is 0.433. The molecule has 1 unspecified atom stereocenters. The van der Waals surface area contributed by atoms with Crippen molar-refractivity contribution < 1.29 is 18.0 Å². The lowest BCUT2D eigenvalue weighted by Crippen LogP contribution is -2.47. The number of amides is 1. The summed E-state index contributed by atoms with van der Waals surface area (Å²) in [6.45, 7) is 2.57. The summed E-state index contributed by atoms with van der Waals surface area (Å²) in [5, 5.41) is 3.10. The molecular formula is C18H26F3N5O. The average molecular weight is 385 g/mol. The summed E-state index contributed by atoms with van der Waals surface area (Å²) in [5.41, 5.74) is -0.932. The topological polar surface area (TPSA) is 61.4 Å². The second-order valence-electron chi connectivity index (χ2n) is 7.41. The normalized spacial score (nSPS) is 23.3. The molecule has 3 heterocycles. The Kier molecular flexibility index (Phi) is 6.18. The molecule has 9 heteroatoms. The number of alkyl halides is 3. The van der Waals surface area contributed by atoms with Crippen LogP contribution in [0.4, 0.5) is 19.0 Å². The number of likely N-dealkylation sites (tertiary alicyclic amines) is 2. The first-order valence-corrected chi connectivity index (χ1v) is 9.46. The zero-order valence-corrected chi connectivity index (χ0v) is 15.5. The molecule has 0 spiro atoms. The van der Waals surface area contributed by atoms with E-state index in [0.717, 1.165) is 64.1 Å². The molecule has 0 saturated carbocycles. The fourth-order valence-electron chi connectivity index (χ4n) is 3.80. The molecule has 1 N–H and O–H groups in total. The monoisotopic (exact) mass is 385 g/mol. The van der Waals surface area contributed by atoms with E-state index in [9.17, 15) is 18.0 Å². The Morgan fingerprint density at radius 2 is 1.93 bits per heavy atom. The van der Waals surface area contributed by atoms with Crippen molar-refractivity contribution in [2.75, 3.05) is 32.0 Å². The van der Waals surface area contributed by atoms with Gasteiger partial charge in [0.2, 0.25) is 5.91 Å². The van der Waals surface area contributed by atoms with Gasteiger partial charge in [-0.05, 0) is 25.7 Å². The highest BCUT2D eigenvalue weighted by Gasteiger charge is 2.33. The predicted molar refractivity (Wildman–Crippen MR) is 95.1 cm³/mol. The molecule has 2 aliphatic rings. The maximum Gasteiger partial charge on any atom is 0.433 e. The third-order valence-electron chi connectivity index (χ3n) is 5.49. The van der Waals surface area contributed by atoms with Crippen LogP contribution in [0.25, 0.3) is 0 Å². The highest BCUT2D eigenvalue weighted by atomic mass is 19.4. The molecule has 3 rings (SSSR count). The van der Waals surface area contributed by atoms with Crippen LogP contribution in [0.5, 0.6) is 0 Å². The molecule has 0 bridgehead atoms. The lowest BCUT2D eigenvalue weighted by atomic mass is 10.0. The number of hydrogen-bond donors (Lipinski definition) is 1. The van der Waals surface area contributed by atoms with Crippen LogP contribution < -0.4 is 5.32 Å². The van der Waals surface area contributed by atoms with E-state index in [4.69, 9.17) is 0 Å². The summed E-state index contributed by atoms with van der Waals surface area (Å²) in [6, 6.07) is 1.30. The van der Waals surface area contributed by atoms with Crippen LogP contribution in [0.3, 0.4) is 0 Å². The van der Waals surface area contributed by atoms with Crippen LogP contribution in [0.2, 0.25) is 0 Å². The van der Waals surface area contributed by atoms with Gasteiger partial charge in [0.05, 0.1) is 0 Å². The van der Waals surface area contributed by atoms with Gasteiger partial charge in [-0.25, -0.2) is 9.97 Å². The summed E-state index contributed by atoms with van der Waals surface area (Å²) >= 11 is 0. The first-order valence-electron chi connectivity index (χ1n) is 9.46. The van der Waals surface area contributed by atoms with Gasteiger partial charge in [-0.1, -0.05) is 6.42 Å². The number of nitrogens with one attached hydrogen (secondary N) is 1. The Balaban J connectivity index is 1.50. The highest BCUT2D eigenvalue weighted by Crippen LogP contribution is 2.28. The van der Waals surface area contributed by atoms with Crippen molar-refractivity contribution in [1.29, 1.82) is 0 Å². The fourth-order valence-corrected chi connectivity index (χ4v) is 3.80. The van der Waals surface area contributed by atoms with Crippen LogP contribution in [0.1, 0.15) is 44.2 Å². The molecular weight excluding hydrogens is 359 g/mol. The highest BCUT2D eigenvalue weighted by molar-refractivity contribution is 5.76. The van der Waals surface area contributed by atoms with Crippen molar-refractivity contribution >= 4 is 11.7 Å². The minimum Gasteiger partial charge on any atom is -0.367 e. The fraction of sp³-hybridized carbons (Fsp3) is 0.722. The van der Waals surface area contributed by atoms with Gasteiger partial charge in [0.1, 0.15) is 17.8 Å². The molecule has 2 fully saturated rings. The van der Waals surface area contributed by atoms with E-state index in [1.54, 1.807) is 0 Å². The Morgan fingerprint density at radius 1 is 1.19 bits per heavy atom. The van der Waals surface area contributed by atoms with Crippen molar-refractivity contribution in [1.82, 2.24) is 19.8 Å². The van der Waals surface area contributed by atoms with Gasteiger partial charge in [-0.2, -0.15) is 13.2 Å². The van der Waals surface area contributed by atoms with Crippen LogP contribution >= 0.6 is 0 Å². The zero-order valence-electron chi connectivity index (χ0n) is 15.5. The molecule has 1 aromatic rings. The summed E-state index contributed by atoms with van der Waals surface area (Å²) in [7, 11) is 1.89. The molecule has 150 valence electrons. The van der Waals surface area contributed by atoms with Gasteiger partial charge in [-0.15, -0.1) is 0 Å². The molecule has 1 aromatic heterocycles. The smallest absolute Gasteiger partial charge is 0.367 e. The van der Waals surface area contributed by atoms with E-state index in [1.807, 2.05) is 11.9 Å². The van der Waals surface area contributed by atoms with Gasteiger partial charge in [0.25, 0.3) is 0 Å². The Morgan fingerprint density at radius 3 is 2.63 bits per heavy atom. The number of nitrogens with zero attached hydrogens (tertiary/aromatic N) is 4.